The predicted molar refractivity (Wildman–Crippen MR) is 83.6 cm³/mol. The van der Waals surface area contributed by atoms with Crippen LogP contribution in [0.15, 0.2) is 29.8 Å². The van der Waals surface area contributed by atoms with Gasteiger partial charge in [0.15, 0.2) is 0 Å². The van der Waals surface area contributed by atoms with Gasteiger partial charge >= 0.3 is 5.97 Å². The van der Waals surface area contributed by atoms with E-state index in [9.17, 15) is 9.90 Å². The lowest BCUT2D eigenvalue weighted by atomic mass is 10.1. The molecule has 2 aromatic rings. The predicted octanol–water partition coefficient (Wildman–Crippen LogP) is 3.12. The number of ether oxygens (including phenoxy) is 1. The van der Waals surface area contributed by atoms with Crippen LogP contribution < -0.4 is 4.74 Å². The molecule has 0 saturated heterocycles. The molecule has 0 amide bonds. The number of carbonyl (C=O) groups is 1. The molecular weight excluding hydrogens is 280 g/mol. The van der Waals surface area contributed by atoms with Crippen LogP contribution in [-0.2, 0) is 4.79 Å². The van der Waals surface area contributed by atoms with Gasteiger partial charge in [-0.25, -0.2) is 9.78 Å². The fraction of sp³-hybridized carbons (Fsp3) is 0.235. The van der Waals surface area contributed by atoms with E-state index in [4.69, 9.17) is 4.74 Å². The molecule has 0 aliphatic carbocycles. The molecule has 2 rings (SSSR count). The number of rotatable bonds is 3. The first kappa shape index (κ1) is 15.7. The third-order valence-corrected chi connectivity index (χ3v) is 3.26. The van der Waals surface area contributed by atoms with Crippen LogP contribution in [0, 0.1) is 20.8 Å². The van der Waals surface area contributed by atoms with E-state index in [0.29, 0.717) is 16.8 Å². The van der Waals surface area contributed by atoms with Crippen molar-refractivity contribution in [1.82, 2.24) is 9.97 Å². The van der Waals surface area contributed by atoms with Crippen molar-refractivity contribution in [1.29, 1.82) is 0 Å². The molecule has 0 bridgehead atoms. The highest BCUT2D eigenvalue weighted by Crippen LogP contribution is 2.20. The third kappa shape index (κ3) is 3.49. The molecule has 22 heavy (non-hydrogen) atoms. The van der Waals surface area contributed by atoms with Gasteiger partial charge in [0.25, 0.3) is 0 Å². The Balaban J connectivity index is 2.22. The second-order valence-corrected chi connectivity index (χ2v) is 5.06. The first-order valence-electron chi connectivity index (χ1n) is 6.89. The van der Waals surface area contributed by atoms with Crippen molar-refractivity contribution >= 4 is 12.0 Å². The fourth-order valence-electron chi connectivity index (χ4n) is 1.86. The van der Waals surface area contributed by atoms with E-state index in [-0.39, 0.29) is 11.6 Å². The summed E-state index contributed by atoms with van der Waals surface area (Å²) in [6.45, 7) is 7.02. The van der Waals surface area contributed by atoms with Gasteiger partial charge < -0.3 is 9.84 Å². The summed E-state index contributed by atoms with van der Waals surface area (Å²) in [7, 11) is 0. The van der Waals surface area contributed by atoms with Crippen molar-refractivity contribution in [3.63, 3.8) is 0 Å². The van der Waals surface area contributed by atoms with Crippen molar-refractivity contribution in [2.45, 2.75) is 27.7 Å². The maximum atomic E-state index is 12.1. The number of benzene rings is 1. The Morgan fingerprint density at radius 2 is 1.73 bits per heavy atom. The maximum Gasteiger partial charge on any atom is 0.340 e. The van der Waals surface area contributed by atoms with Gasteiger partial charge in [0.05, 0.1) is 11.4 Å². The number of aromatic hydroxyl groups is 1. The summed E-state index contributed by atoms with van der Waals surface area (Å²) in [5.41, 5.74) is 3.00. The molecule has 114 valence electrons. The van der Waals surface area contributed by atoms with Gasteiger partial charge in [-0.15, -0.1) is 0 Å². The molecule has 0 saturated carbocycles. The number of phenols is 1. The van der Waals surface area contributed by atoms with Crippen LogP contribution in [0.1, 0.15) is 29.6 Å². The van der Waals surface area contributed by atoms with Crippen molar-refractivity contribution in [3.05, 3.63) is 52.5 Å². The summed E-state index contributed by atoms with van der Waals surface area (Å²) in [6.07, 6.45) is 1.57. The maximum absolute atomic E-state index is 12.1. The topological polar surface area (TPSA) is 72.3 Å². The number of nitrogens with zero attached hydrogens (tertiary/aromatic N) is 2. The van der Waals surface area contributed by atoms with Crippen molar-refractivity contribution in [3.8, 4) is 11.6 Å². The summed E-state index contributed by atoms with van der Waals surface area (Å²) in [4.78, 5) is 20.7. The average Bonchev–Trinajstić information content (AvgIpc) is 2.47. The quantitative estimate of drug-likeness (QED) is 0.696. The Morgan fingerprint density at radius 3 is 2.41 bits per heavy atom. The number of aryl methyl sites for hydroxylation is 3. The van der Waals surface area contributed by atoms with Crippen LogP contribution in [0.25, 0.3) is 6.08 Å². The number of carbonyl (C=O) groups excluding carboxylic acids is 1. The Kier molecular flexibility index (Phi) is 4.56. The molecule has 5 nitrogen and oxygen atoms in total. The van der Waals surface area contributed by atoms with Crippen LogP contribution in [0.2, 0.25) is 0 Å². The minimum atomic E-state index is -0.524. The van der Waals surface area contributed by atoms with E-state index in [1.54, 1.807) is 44.2 Å². The number of phenolic OH excluding ortho intramolecular Hbond substituents is 1. The number of hydrogen-bond acceptors (Lipinski definition) is 5. The minimum Gasteiger partial charge on any atom is -0.507 e. The van der Waals surface area contributed by atoms with E-state index in [0.717, 1.165) is 11.4 Å². The molecule has 0 unspecified atom stereocenters. The zero-order chi connectivity index (χ0) is 16.3. The average molecular weight is 298 g/mol. The van der Waals surface area contributed by atoms with Crippen molar-refractivity contribution in [2.75, 3.05) is 0 Å². The lowest BCUT2D eigenvalue weighted by molar-refractivity contribution is -0.130. The molecule has 0 spiro atoms. The highest BCUT2D eigenvalue weighted by molar-refractivity contribution is 5.94. The van der Waals surface area contributed by atoms with E-state index >= 15 is 0 Å². The number of aromatic nitrogens is 2. The first-order valence-corrected chi connectivity index (χ1v) is 6.89. The van der Waals surface area contributed by atoms with Gasteiger partial charge in [0.2, 0.25) is 5.88 Å². The Hall–Kier alpha value is -2.69. The number of esters is 1. The smallest absolute Gasteiger partial charge is 0.340 e. The molecule has 1 heterocycles. The van der Waals surface area contributed by atoms with E-state index in [1.807, 2.05) is 13.8 Å². The summed E-state index contributed by atoms with van der Waals surface area (Å²) in [5, 5.41) is 9.72. The molecule has 0 atom stereocenters. The monoisotopic (exact) mass is 298 g/mol. The molecule has 1 aromatic carbocycles. The van der Waals surface area contributed by atoms with Gasteiger partial charge in [-0.05, 0) is 39.8 Å². The van der Waals surface area contributed by atoms with Crippen LogP contribution in [0.5, 0.6) is 11.6 Å². The zero-order valence-corrected chi connectivity index (χ0v) is 13.0. The molecule has 1 N–H and O–H groups in total. The second-order valence-electron chi connectivity index (χ2n) is 5.06. The van der Waals surface area contributed by atoms with Crippen molar-refractivity contribution < 1.29 is 14.6 Å². The first-order chi connectivity index (χ1) is 10.4. The Labute approximate surface area is 129 Å². The fourth-order valence-corrected chi connectivity index (χ4v) is 1.86. The minimum absolute atomic E-state index is 0.108. The lowest BCUT2D eigenvalue weighted by Gasteiger charge is -2.08. The molecule has 0 aliphatic rings. The van der Waals surface area contributed by atoms with Gasteiger partial charge in [-0.1, -0.05) is 18.2 Å². The SMILES string of the molecule is C/C(=C\c1ccccc1O)C(=O)Oc1nc(C)c(C)nc1C. The van der Waals surface area contributed by atoms with E-state index in [1.165, 1.54) is 0 Å². The summed E-state index contributed by atoms with van der Waals surface area (Å²) < 4.78 is 5.29. The van der Waals surface area contributed by atoms with Gasteiger partial charge in [-0.2, -0.15) is 0 Å². The highest BCUT2D eigenvalue weighted by atomic mass is 16.5. The summed E-state index contributed by atoms with van der Waals surface area (Å²) >= 11 is 0. The van der Waals surface area contributed by atoms with Crippen LogP contribution in [0.3, 0.4) is 0 Å². The molecule has 0 radical (unpaired) electrons. The van der Waals surface area contributed by atoms with Gasteiger partial charge in [0.1, 0.15) is 11.4 Å². The molecule has 0 aliphatic heterocycles. The highest BCUT2D eigenvalue weighted by Gasteiger charge is 2.13. The molecular formula is C17H18N2O3. The third-order valence-electron chi connectivity index (χ3n) is 3.26. The molecule has 5 heteroatoms. The van der Waals surface area contributed by atoms with E-state index < -0.39 is 5.97 Å². The van der Waals surface area contributed by atoms with E-state index in [2.05, 4.69) is 9.97 Å². The second kappa shape index (κ2) is 6.39. The molecule has 1 aromatic heterocycles. The Bertz CT molecular complexity index is 752. The standard InChI is InChI=1S/C17H18N2O3/c1-10(9-14-7-5-6-8-15(14)20)17(21)22-16-13(4)18-11(2)12(3)19-16/h5-9,20H,1-4H3/b10-9+. The number of hydrogen-bond donors (Lipinski definition) is 1. The Morgan fingerprint density at radius 1 is 1.09 bits per heavy atom. The van der Waals surface area contributed by atoms with Crippen LogP contribution in [-0.4, -0.2) is 21.0 Å². The summed E-state index contributed by atoms with van der Waals surface area (Å²) in [6, 6.07) is 6.77. The largest absolute Gasteiger partial charge is 0.507 e. The van der Waals surface area contributed by atoms with Crippen LogP contribution >= 0.6 is 0 Å². The van der Waals surface area contributed by atoms with Crippen LogP contribution in [0.4, 0.5) is 0 Å². The zero-order valence-electron chi connectivity index (χ0n) is 13.0. The lowest BCUT2D eigenvalue weighted by Crippen LogP contribution is -2.12. The van der Waals surface area contributed by atoms with Crippen molar-refractivity contribution in [2.24, 2.45) is 0 Å². The van der Waals surface area contributed by atoms with Gasteiger partial charge in [-0.3, -0.25) is 4.98 Å². The number of para-hydroxylation sites is 1. The van der Waals surface area contributed by atoms with Gasteiger partial charge in [0, 0.05) is 11.1 Å². The molecule has 0 fully saturated rings. The normalized spacial score (nSPS) is 11.4. The summed E-state index contributed by atoms with van der Waals surface area (Å²) in [5.74, 6) is -0.209.